The van der Waals surface area contributed by atoms with Crippen molar-refractivity contribution in [2.24, 2.45) is 0 Å². The molecule has 3 rings (SSSR count). The van der Waals surface area contributed by atoms with Crippen molar-refractivity contribution < 1.29 is 14.3 Å². The van der Waals surface area contributed by atoms with Crippen molar-refractivity contribution in [1.82, 2.24) is 4.98 Å². The molecule has 0 spiro atoms. The molecule has 0 aliphatic carbocycles. The molecule has 1 heterocycles. The molecule has 128 valence electrons. The maximum absolute atomic E-state index is 11.8. The minimum Gasteiger partial charge on any atom is -0.490 e. The molecule has 0 amide bonds. The zero-order valence-corrected chi connectivity index (χ0v) is 14.0. The van der Waals surface area contributed by atoms with Crippen LogP contribution < -0.4 is 4.74 Å². The molecule has 0 bridgehead atoms. The monoisotopic (exact) mass is 344 g/mol. The lowest BCUT2D eigenvalue weighted by atomic mass is 10.1. The number of nitriles is 1. The van der Waals surface area contributed by atoms with Gasteiger partial charge in [0.25, 0.3) is 0 Å². The smallest absolute Gasteiger partial charge is 0.330 e. The lowest BCUT2D eigenvalue weighted by Crippen LogP contribution is -2.10. The normalized spacial score (nSPS) is 10.6. The number of carbonyl (C=O) groups is 1. The summed E-state index contributed by atoms with van der Waals surface area (Å²) < 4.78 is 10.6. The maximum atomic E-state index is 11.8. The van der Waals surface area contributed by atoms with Gasteiger partial charge in [-0.2, -0.15) is 5.26 Å². The highest BCUT2D eigenvalue weighted by molar-refractivity contribution is 5.92. The van der Waals surface area contributed by atoms with Gasteiger partial charge in [0.2, 0.25) is 0 Å². The number of fused-ring (bicyclic) bond motifs is 1. The van der Waals surface area contributed by atoms with Gasteiger partial charge in [-0.15, -0.1) is 0 Å². The second-order valence-corrected chi connectivity index (χ2v) is 5.41. The van der Waals surface area contributed by atoms with Gasteiger partial charge < -0.3 is 9.47 Å². The molecule has 0 fully saturated rings. The predicted octanol–water partition coefficient (Wildman–Crippen LogP) is 3.74. The summed E-state index contributed by atoms with van der Waals surface area (Å²) in [4.78, 5) is 16.2. The molecule has 5 heteroatoms. The third kappa shape index (κ3) is 4.46. The molecule has 0 unspecified atom stereocenters. The van der Waals surface area contributed by atoms with Gasteiger partial charge in [0, 0.05) is 23.2 Å². The van der Waals surface area contributed by atoms with Gasteiger partial charge in [-0.05, 0) is 36.4 Å². The van der Waals surface area contributed by atoms with Crippen LogP contribution in [0, 0.1) is 11.3 Å². The second-order valence-electron chi connectivity index (χ2n) is 5.41. The summed E-state index contributed by atoms with van der Waals surface area (Å²) in [6.45, 7) is 0.373. The average molecular weight is 344 g/mol. The van der Waals surface area contributed by atoms with Crippen LogP contribution >= 0.6 is 0 Å². The Hall–Kier alpha value is -3.65. The van der Waals surface area contributed by atoms with E-state index in [0.717, 1.165) is 16.5 Å². The van der Waals surface area contributed by atoms with E-state index in [1.54, 1.807) is 36.5 Å². The fraction of sp³-hybridized carbons (Fsp3) is 0.0952. The van der Waals surface area contributed by atoms with Gasteiger partial charge in [-0.25, -0.2) is 4.79 Å². The van der Waals surface area contributed by atoms with E-state index < -0.39 is 5.97 Å². The number of esters is 1. The van der Waals surface area contributed by atoms with E-state index in [-0.39, 0.29) is 13.2 Å². The number of para-hydroxylation sites is 1. The summed E-state index contributed by atoms with van der Waals surface area (Å²) in [6.07, 6.45) is 4.79. The number of aromatic nitrogens is 1. The lowest BCUT2D eigenvalue weighted by molar-refractivity contribution is -0.138. The number of pyridine rings is 1. The predicted molar refractivity (Wildman–Crippen MR) is 98.4 cm³/mol. The van der Waals surface area contributed by atoms with Gasteiger partial charge in [-0.1, -0.05) is 24.3 Å². The fourth-order valence-corrected chi connectivity index (χ4v) is 2.40. The van der Waals surface area contributed by atoms with Crippen molar-refractivity contribution in [3.63, 3.8) is 0 Å². The quantitative estimate of drug-likeness (QED) is 0.387. The highest BCUT2D eigenvalue weighted by Crippen LogP contribution is 2.17. The van der Waals surface area contributed by atoms with Crippen LogP contribution in [0.4, 0.5) is 0 Å². The Morgan fingerprint density at radius 2 is 1.88 bits per heavy atom. The van der Waals surface area contributed by atoms with Gasteiger partial charge in [0.1, 0.15) is 19.0 Å². The van der Waals surface area contributed by atoms with Crippen LogP contribution in [0.5, 0.6) is 5.75 Å². The number of benzene rings is 2. The van der Waals surface area contributed by atoms with Crippen molar-refractivity contribution in [2.75, 3.05) is 13.2 Å². The van der Waals surface area contributed by atoms with Gasteiger partial charge in [0.05, 0.1) is 17.1 Å². The molecule has 26 heavy (non-hydrogen) atoms. The van der Waals surface area contributed by atoms with Gasteiger partial charge in [0.15, 0.2) is 0 Å². The van der Waals surface area contributed by atoms with E-state index in [4.69, 9.17) is 14.7 Å². The summed E-state index contributed by atoms with van der Waals surface area (Å²) in [5.41, 5.74) is 2.26. The number of rotatable bonds is 6. The molecular weight excluding hydrogens is 328 g/mol. The Morgan fingerprint density at radius 1 is 1.08 bits per heavy atom. The van der Waals surface area contributed by atoms with Crippen molar-refractivity contribution in [1.29, 1.82) is 5.26 Å². The van der Waals surface area contributed by atoms with Crippen LogP contribution in [0.1, 0.15) is 11.1 Å². The zero-order valence-electron chi connectivity index (χ0n) is 14.0. The largest absolute Gasteiger partial charge is 0.490 e. The van der Waals surface area contributed by atoms with Gasteiger partial charge in [-0.3, -0.25) is 4.98 Å². The molecule has 5 nitrogen and oxygen atoms in total. The molecule has 0 N–H and O–H groups in total. The van der Waals surface area contributed by atoms with Crippen molar-refractivity contribution >= 4 is 22.9 Å². The molecule has 1 aromatic heterocycles. The first-order valence-electron chi connectivity index (χ1n) is 8.08. The third-order valence-electron chi connectivity index (χ3n) is 3.64. The second kappa shape index (κ2) is 8.45. The van der Waals surface area contributed by atoms with Crippen LogP contribution in [-0.2, 0) is 9.53 Å². The van der Waals surface area contributed by atoms with Crippen LogP contribution in [0.3, 0.4) is 0 Å². The Bertz CT molecular complexity index is 967. The lowest BCUT2D eigenvalue weighted by Gasteiger charge is -2.06. The van der Waals surface area contributed by atoms with Crippen LogP contribution in [0.25, 0.3) is 17.0 Å². The number of hydrogen-bond donors (Lipinski definition) is 0. The summed E-state index contributed by atoms with van der Waals surface area (Å²) in [5, 5.41) is 9.75. The maximum Gasteiger partial charge on any atom is 0.330 e. The minimum absolute atomic E-state index is 0.136. The molecule has 0 aliphatic rings. The van der Waals surface area contributed by atoms with E-state index in [9.17, 15) is 4.79 Å². The summed E-state index contributed by atoms with van der Waals surface area (Å²) in [5.74, 6) is 0.179. The third-order valence-corrected chi connectivity index (χ3v) is 3.64. The van der Waals surface area contributed by atoms with Crippen LogP contribution in [0.2, 0.25) is 0 Å². The first kappa shape index (κ1) is 17.2. The average Bonchev–Trinajstić information content (AvgIpc) is 2.70. The summed E-state index contributed by atoms with van der Waals surface area (Å²) in [7, 11) is 0. The van der Waals surface area contributed by atoms with Crippen molar-refractivity contribution in [3.05, 3.63) is 78.0 Å². The minimum atomic E-state index is -0.443. The zero-order chi connectivity index (χ0) is 18.2. The molecule has 2 aromatic carbocycles. The van der Waals surface area contributed by atoms with Crippen LogP contribution in [-0.4, -0.2) is 24.2 Å². The van der Waals surface area contributed by atoms with Crippen molar-refractivity contribution in [3.8, 4) is 11.8 Å². The molecule has 3 aromatic rings. The topological polar surface area (TPSA) is 72.2 Å². The Labute approximate surface area is 151 Å². The van der Waals surface area contributed by atoms with E-state index in [0.29, 0.717) is 11.3 Å². The van der Waals surface area contributed by atoms with E-state index >= 15 is 0 Å². The molecule has 0 aliphatic heterocycles. The molecule has 0 saturated carbocycles. The Morgan fingerprint density at radius 3 is 2.69 bits per heavy atom. The number of ether oxygens (including phenoxy) is 2. The van der Waals surface area contributed by atoms with E-state index in [2.05, 4.69) is 4.98 Å². The van der Waals surface area contributed by atoms with E-state index in [1.165, 1.54) is 6.08 Å². The summed E-state index contributed by atoms with van der Waals surface area (Å²) >= 11 is 0. The Kier molecular flexibility index (Phi) is 5.58. The fourth-order valence-electron chi connectivity index (χ4n) is 2.40. The summed E-state index contributed by atoms with van der Waals surface area (Å²) in [6, 6.07) is 18.4. The van der Waals surface area contributed by atoms with Crippen LogP contribution in [0.15, 0.2) is 66.9 Å². The number of carbonyl (C=O) groups excluding carboxylic acids is 1. The number of hydrogen-bond acceptors (Lipinski definition) is 5. The molecule has 0 saturated heterocycles. The van der Waals surface area contributed by atoms with Gasteiger partial charge >= 0.3 is 5.97 Å². The van der Waals surface area contributed by atoms with E-state index in [1.807, 2.05) is 36.4 Å². The SMILES string of the molecule is N#Cc1ccc(OCCOC(=O)/C=C/c2cccc3cccnc23)cc1. The molecule has 0 atom stereocenters. The standard InChI is InChI=1S/C21H16N2O3/c22-15-16-6-9-19(10-7-16)25-13-14-26-20(24)11-8-18-4-1-3-17-5-2-12-23-21(17)18/h1-12H,13-14H2/b11-8+. The first-order valence-corrected chi connectivity index (χ1v) is 8.08. The highest BCUT2D eigenvalue weighted by atomic mass is 16.6. The highest BCUT2D eigenvalue weighted by Gasteiger charge is 2.01. The molecule has 0 radical (unpaired) electrons. The first-order chi connectivity index (χ1) is 12.8. The number of nitrogens with zero attached hydrogens (tertiary/aromatic N) is 2. The van der Waals surface area contributed by atoms with Crippen molar-refractivity contribution in [2.45, 2.75) is 0 Å². The Balaban J connectivity index is 1.49. The molecular formula is C21H16N2O3.